The van der Waals surface area contributed by atoms with Crippen LogP contribution in [0.2, 0.25) is 10.0 Å². The molecule has 0 unspecified atom stereocenters. The second kappa shape index (κ2) is 10.7. The van der Waals surface area contributed by atoms with Crippen molar-refractivity contribution in [3.63, 3.8) is 0 Å². The molecule has 4 rings (SSSR count). The van der Waals surface area contributed by atoms with Crippen molar-refractivity contribution in [1.29, 1.82) is 0 Å². The van der Waals surface area contributed by atoms with Crippen molar-refractivity contribution in [3.05, 3.63) is 100 Å². The van der Waals surface area contributed by atoms with Gasteiger partial charge in [0, 0.05) is 0 Å². The third-order valence-corrected chi connectivity index (χ3v) is 5.18. The van der Waals surface area contributed by atoms with Gasteiger partial charge in [-0.1, -0.05) is 71.7 Å². The zero-order chi connectivity index (χ0) is 24.0. The molecule has 3 aromatic carbocycles. The van der Waals surface area contributed by atoms with Crippen LogP contribution in [0, 0.1) is 0 Å². The molecule has 172 valence electrons. The van der Waals surface area contributed by atoms with Crippen molar-refractivity contribution in [3.8, 4) is 22.6 Å². The Kier molecular flexibility index (Phi) is 8.00. The number of hydrogen-bond acceptors (Lipinski definition) is 2. The smallest absolute Gasteiger partial charge is 0.435 e. The van der Waals surface area contributed by atoms with Crippen LogP contribution in [0.3, 0.4) is 0 Å². The Labute approximate surface area is 198 Å². The number of aromatic nitrogens is 2. The first-order chi connectivity index (χ1) is 15.8. The van der Waals surface area contributed by atoms with E-state index in [1.165, 1.54) is 12.1 Å². The Morgan fingerprint density at radius 2 is 1.39 bits per heavy atom. The summed E-state index contributed by atoms with van der Waals surface area (Å²) in [5.74, 6) is 0.506. The number of para-hydroxylation sites is 1. The third-order valence-electron chi connectivity index (χ3n) is 4.57. The molecule has 0 atom stereocenters. The molecule has 1 heterocycles. The van der Waals surface area contributed by atoms with E-state index < -0.39 is 11.9 Å². The number of benzene rings is 3. The van der Waals surface area contributed by atoms with E-state index in [9.17, 15) is 17.6 Å². The zero-order valence-electron chi connectivity index (χ0n) is 17.3. The van der Waals surface area contributed by atoms with Crippen molar-refractivity contribution in [2.45, 2.75) is 12.8 Å². The van der Waals surface area contributed by atoms with Gasteiger partial charge in [0.1, 0.15) is 18.0 Å². The fraction of sp³-hybridized carbons (Fsp3) is 0.125. The molecule has 4 aromatic rings. The average Bonchev–Trinajstić information content (AvgIpc) is 3.24. The monoisotopic (exact) mass is 496 g/mol. The van der Waals surface area contributed by atoms with E-state index in [0.29, 0.717) is 12.9 Å². The Hall–Kier alpha value is -3.03. The highest BCUT2D eigenvalue weighted by Crippen LogP contribution is 2.34. The minimum Gasteiger partial charge on any atom is -0.487 e. The Bertz CT molecular complexity index is 1170. The molecule has 0 aliphatic rings. The predicted molar refractivity (Wildman–Crippen MR) is 122 cm³/mol. The zero-order valence-corrected chi connectivity index (χ0v) is 18.8. The minimum atomic E-state index is -4.62. The van der Waals surface area contributed by atoms with E-state index in [4.69, 9.17) is 27.9 Å². The van der Waals surface area contributed by atoms with Gasteiger partial charge in [0.25, 0.3) is 0 Å². The van der Waals surface area contributed by atoms with Gasteiger partial charge in [0.2, 0.25) is 0 Å². The molecule has 0 radical (unpaired) electrons. The quantitative estimate of drug-likeness (QED) is 0.261. The first kappa shape index (κ1) is 24.6. The second-order valence-corrected chi connectivity index (χ2v) is 7.49. The van der Waals surface area contributed by atoms with Crippen molar-refractivity contribution in [2.24, 2.45) is 0 Å². The lowest BCUT2D eigenvalue weighted by Crippen LogP contribution is -2.09. The van der Waals surface area contributed by atoms with Crippen LogP contribution in [-0.4, -0.2) is 17.0 Å². The molecule has 1 aromatic heterocycles. The number of nitrogens with zero attached hydrogens (tertiary/aromatic N) is 2. The maximum absolute atomic E-state index is 13.3. The van der Waals surface area contributed by atoms with E-state index in [1.54, 1.807) is 18.2 Å². The van der Waals surface area contributed by atoms with E-state index in [2.05, 4.69) is 5.10 Å². The maximum atomic E-state index is 13.3. The van der Waals surface area contributed by atoms with Crippen LogP contribution in [0.1, 0.15) is 11.4 Å². The van der Waals surface area contributed by atoms with Crippen LogP contribution in [0.4, 0.5) is 17.6 Å². The maximum Gasteiger partial charge on any atom is 0.435 e. The van der Waals surface area contributed by atoms with Gasteiger partial charge in [-0.2, -0.15) is 18.3 Å². The molecule has 0 N–H and O–H groups in total. The Morgan fingerprint density at radius 3 is 1.97 bits per heavy atom. The molecule has 0 spiro atoms. The number of halogens is 6. The molecule has 0 bridgehead atoms. The fourth-order valence-corrected chi connectivity index (χ4v) is 3.64. The molecule has 0 aliphatic heterocycles. The highest BCUT2D eigenvalue weighted by molar-refractivity contribution is 6.37. The molecular weight excluding hydrogens is 479 g/mol. The molecule has 0 amide bonds. The number of ether oxygens (including phenoxy) is 1. The summed E-state index contributed by atoms with van der Waals surface area (Å²) >= 11 is 12.4. The summed E-state index contributed by atoms with van der Waals surface area (Å²) < 4.78 is 56.2. The molecule has 0 fully saturated rings. The van der Waals surface area contributed by atoms with Crippen LogP contribution < -0.4 is 4.74 Å². The summed E-state index contributed by atoms with van der Waals surface area (Å²) in [4.78, 5) is 0. The molecule has 3 nitrogen and oxygen atoms in total. The normalized spacial score (nSPS) is 11.0. The highest BCUT2D eigenvalue weighted by Gasteiger charge is 2.35. The lowest BCUT2D eigenvalue weighted by atomic mass is 10.1. The molecule has 0 saturated carbocycles. The summed E-state index contributed by atoms with van der Waals surface area (Å²) in [5, 5.41) is 4.04. The molecule has 9 heteroatoms. The van der Waals surface area contributed by atoms with Crippen LogP contribution in [0.25, 0.3) is 16.8 Å². The Morgan fingerprint density at radius 1 is 0.818 bits per heavy atom. The van der Waals surface area contributed by atoms with Crippen molar-refractivity contribution in [1.82, 2.24) is 9.78 Å². The first-order valence-electron chi connectivity index (χ1n) is 9.59. The van der Waals surface area contributed by atoms with Crippen LogP contribution in [0.5, 0.6) is 5.75 Å². The van der Waals surface area contributed by atoms with Gasteiger partial charge in [-0.25, -0.2) is 4.68 Å². The highest BCUT2D eigenvalue weighted by atomic mass is 35.5. The predicted octanol–water partition coefficient (Wildman–Crippen LogP) is 8.03. The van der Waals surface area contributed by atoms with Gasteiger partial charge in [0.15, 0.2) is 5.69 Å². The van der Waals surface area contributed by atoms with E-state index in [0.717, 1.165) is 21.9 Å². The summed E-state index contributed by atoms with van der Waals surface area (Å²) in [5.41, 5.74) is 1.32. The minimum absolute atomic E-state index is 0.157. The van der Waals surface area contributed by atoms with Gasteiger partial charge < -0.3 is 4.74 Å². The van der Waals surface area contributed by atoms with Gasteiger partial charge in [-0.15, -0.1) is 0 Å². The summed E-state index contributed by atoms with van der Waals surface area (Å²) in [6, 6.07) is 22.7. The Balaban J connectivity index is 0.00000149. The largest absolute Gasteiger partial charge is 0.487 e. The van der Waals surface area contributed by atoms with Crippen LogP contribution in [-0.2, 0) is 12.8 Å². The van der Waals surface area contributed by atoms with Gasteiger partial charge >= 0.3 is 6.18 Å². The van der Waals surface area contributed by atoms with Crippen molar-refractivity contribution in [2.75, 3.05) is 7.18 Å². The summed E-state index contributed by atoms with van der Waals surface area (Å²) in [6.45, 7) is -0.157. The summed E-state index contributed by atoms with van der Waals surface area (Å²) in [6.07, 6.45) is -4.62. The summed E-state index contributed by atoms with van der Waals surface area (Å²) in [7, 11) is 0.500. The van der Waals surface area contributed by atoms with Gasteiger partial charge in [-0.3, -0.25) is 4.39 Å². The molecule has 33 heavy (non-hydrogen) atoms. The van der Waals surface area contributed by atoms with E-state index in [1.807, 2.05) is 42.5 Å². The number of hydrogen-bond donors (Lipinski definition) is 0. The van der Waals surface area contributed by atoms with Crippen LogP contribution >= 0.6 is 23.2 Å². The van der Waals surface area contributed by atoms with E-state index in [-0.39, 0.29) is 28.0 Å². The third kappa shape index (κ3) is 5.86. The molecule has 0 aliphatic carbocycles. The lowest BCUT2D eigenvalue weighted by molar-refractivity contribution is -0.141. The van der Waals surface area contributed by atoms with Crippen molar-refractivity contribution >= 4 is 23.2 Å². The van der Waals surface area contributed by atoms with Gasteiger partial charge in [0.05, 0.1) is 22.9 Å². The average molecular weight is 497 g/mol. The fourth-order valence-electron chi connectivity index (χ4n) is 3.08. The topological polar surface area (TPSA) is 27.1 Å². The number of rotatable bonds is 5. The lowest BCUT2D eigenvalue weighted by Gasteiger charge is -2.12. The molecular formula is C24H18Cl2F4N2O. The van der Waals surface area contributed by atoms with Gasteiger partial charge in [-0.05, 0) is 41.5 Å². The van der Waals surface area contributed by atoms with Crippen LogP contribution in [0.15, 0.2) is 78.9 Å². The molecule has 0 saturated heterocycles. The number of alkyl halides is 4. The second-order valence-electron chi connectivity index (χ2n) is 6.68. The van der Waals surface area contributed by atoms with E-state index >= 15 is 0 Å². The van der Waals surface area contributed by atoms with Crippen molar-refractivity contribution < 1.29 is 22.3 Å². The standard InChI is InChI=1S/C23H15Cl2F3N2O.CH3F/c24-19-7-4-8-20(25)22(19)30-17(13-21(29-30)23(26,27)28)14-31-18-11-9-16(10-12-18)15-5-2-1-3-6-15;1-2/h1-13H,14H2;1H3. The SMILES string of the molecule is CF.FC(F)(F)c1cc(COc2ccc(-c3ccccc3)cc2)n(-c2c(Cl)cccc2Cl)n1. The first-order valence-corrected chi connectivity index (χ1v) is 10.3.